The monoisotopic (exact) mass is 273 g/mol. The van der Waals surface area contributed by atoms with Crippen molar-refractivity contribution in [3.05, 3.63) is 30.1 Å². The SMILES string of the molecule is CC1(C(=O)NCCc2nc3ccccc3[nH]2)CCCO1. The van der Waals surface area contributed by atoms with Gasteiger partial charge in [0.2, 0.25) is 0 Å². The number of nitrogens with zero attached hydrogens (tertiary/aromatic N) is 1. The van der Waals surface area contributed by atoms with E-state index in [0.29, 0.717) is 19.6 Å². The molecule has 1 aromatic heterocycles. The third-order valence-corrected chi connectivity index (χ3v) is 3.78. The molecule has 0 bridgehead atoms. The minimum Gasteiger partial charge on any atom is -0.365 e. The lowest BCUT2D eigenvalue weighted by Crippen LogP contribution is -2.44. The Hall–Kier alpha value is -1.88. The smallest absolute Gasteiger partial charge is 0.251 e. The third-order valence-electron chi connectivity index (χ3n) is 3.78. The summed E-state index contributed by atoms with van der Waals surface area (Å²) in [6.07, 6.45) is 2.44. The number of para-hydroxylation sites is 2. The Bertz CT molecular complexity index is 581. The lowest BCUT2D eigenvalue weighted by Gasteiger charge is -2.21. The lowest BCUT2D eigenvalue weighted by molar-refractivity contribution is -0.139. The Kier molecular flexibility index (Phi) is 3.44. The summed E-state index contributed by atoms with van der Waals surface area (Å²) >= 11 is 0. The van der Waals surface area contributed by atoms with Crippen LogP contribution in [-0.2, 0) is 16.0 Å². The maximum absolute atomic E-state index is 12.1. The summed E-state index contributed by atoms with van der Waals surface area (Å²) in [5, 5.41) is 2.93. The van der Waals surface area contributed by atoms with Crippen molar-refractivity contribution in [3.8, 4) is 0 Å². The van der Waals surface area contributed by atoms with Gasteiger partial charge in [-0.3, -0.25) is 4.79 Å². The topological polar surface area (TPSA) is 67.0 Å². The molecule has 1 aliphatic heterocycles. The number of carbonyl (C=O) groups is 1. The van der Waals surface area contributed by atoms with Crippen LogP contribution in [-0.4, -0.2) is 34.6 Å². The Labute approximate surface area is 117 Å². The van der Waals surface area contributed by atoms with Crippen molar-refractivity contribution in [1.82, 2.24) is 15.3 Å². The van der Waals surface area contributed by atoms with Gasteiger partial charge in [-0.25, -0.2) is 4.98 Å². The normalized spacial score (nSPS) is 22.2. The average molecular weight is 273 g/mol. The second kappa shape index (κ2) is 5.25. The molecule has 0 aliphatic carbocycles. The van der Waals surface area contributed by atoms with Crippen molar-refractivity contribution in [3.63, 3.8) is 0 Å². The highest BCUT2D eigenvalue weighted by molar-refractivity contribution is 5.85. The first-order valence-electron chi connectivity index (χ1n) is 7.03. The zero-order valence-electron chi connectivity index (χ0n) is 11.6. The van der Waals surface area contributed by atoms with Gasteiger partial charge in [-0.05, 0) is 31.9 Å². The fourth-order valence-electron chi connectivity index (χ4n) is 2.56. The molecule has 0 radical (unpaired) electrons. The number of hydrogen-bond acceptors (Lipinski definition) is 3. The summed E-state index contributed by atoms with van der Waals surface area (Å²) in [6.45, 7) is 3.10. The predicted molar refractivity (Wildman–Crippen MR) is 76.4 cm³/mol. The van der Waals surface area contributed by atoms with E-state index in [1.54, 1.807) is 0 Å². The number of benzene rings is 1. The van der Waals surface area contributed by atoms with Gasteiger partial charge in [0.25, 0.3) is 5.91 Å². The molecule has 2 heterocycles. The average Bonchev–Trinajstić information content (AvgIpc) is 3.05. The van der Waals surface area contributed by atoms with Gasteiger partial charge in [-0.1, -0.05) is 12.1 Å². The molecule has 106 valence electrons. The Morgan fingerprint density at radius 3 is 3.10 bits per heavy atom. The van der Waals surface area contributed by atoms with Crippen LogP contribution in [0.4, 0.5) is 0 Å². The Morgan fingerprint density at radius 2 is 2.35 bits per heavy atom. The summed E-state index contributed by atoms with van der Waals surface area (Å²) in [6, 6.07) is 7.91. The van der Waals surface area contributed by atoms with Gasteiger partial charge in [-0.15, -0.1) is 0 Å². The van der Waals surface area contributed by atoms with Crippen molar-refractivity contribution in [2.75, 3.05) is 13.2 Å². The molecule has 3 rings (SSSR count). The largest absolute Gasteiger partial charge is 0.365 e. The van der Waals surface area contributed by atoms with E-state index >= 15 is 0 Å². The fraction of sp³-hybridized carbons (Fsp3) is 0.467. The van der Waals surface area contributed by atoms with Crippen LogP contribution in [0.2, 0.25) is 0 Å². The van der Waals surface area contributed by atoms with Crippen molar-refractivity contribution in [2.45, 2.75) is 31.8 Å². The van der Waals surface area contributed by atoms with Gasteiger partial charge in [0.15, 0.2) is 0 Å². The number of aromatic nitrogens is 2. The lowest BCUT2D eigenvalue weighted by atomic mass is 10.0. The van der Waals surface area contributed by atoms with E-state index in [2.05, 4.69) is 15.3 Å². The van der Waals surface area contributed by atoms with E-state index in [1.807, 2.05) is 31.2 Å². The van der Waals surface area contributed by atoms with Crippen molar-refractivity contribution < 1.29 is 9.53 Å². The zero-order valence-corrected chi connectivity index (χ0v) is 11.6. The van der Waals surface area contributed by atoms with E-state index in [0.717, 1.165) is 29.7 Å². The van der Waals surface area contributed by atoms with Gasteiger partial charge in [0, 0.05) is 19.6 Å². The number of hydrogen-bond donors (Lipinski definition) is 2. The highest BCUT2D eigenvalue weighted by atomic mass is 16.5. The van der Waals surface area contributed by atoms with Gasteiger partial charge in [0.05, 0.1) is 11.0 Å². The van der Waals surface area contributed by atoms with Crippen LogP contribution < -0.4 is 5.32 Å². The van der Waals surface area contributed by atoms with Crippen molar-refractivity contribution >= 4 is 16.9 Å². The Morgan fingerprint density at radius 1 is 1.50 bits per heavy atom. The van der Waals surface area contributed by atoms with E-state index < -0.39 is 5.60 Å². The fourth-order valence-corrected chi connectivity index (χ4v) is 2.56. The van der Waals surface area contributed by atoms with Crippen LogP contribution in [0.25, 0.3) is 11.0 Å². The summed E-state index contributed by atoms with van der Waals surface area (Å²) < 4.78 is 5.52. The minimum absolute atomic E-state index is 0.0221. The van der Waals surface area contributed by atoms with Crippen LogP contribution in [0.1, 0.15) is 25.6 Å². The van der Waals surface area contributed by atoms with Crippen LogP contribution in [0, 0.1) is 0 Å². The molecule has 5 nitrogen and oxygen atoms in total. The van der Waals surface area contributed by atoms with E-state index in [-0.39, 0.29) is 5.91 Å². The number of imidazole rings is 1. The highest BCUT2D eigenvalue weighted by Gasteiger charge is 2.37. The molecule has 20 heavy (non-hydrogen) atoms. The summed E-state index contributed by atoms with van der Waals surface area (Å²) in [5.74, 6) is 0.870. The molecule has 1 aliphatic rings. The molecule has 0 saturated carbocycles. The summed E-state index contributed by atoms with van der Waals surface area (Å²) in [5.41, 5.74) is 1.34. The number of aromatic amines is 1. The number of ether oxygens (including phenoxy) is 1. The molecule has 1 aromatic carbocycles. The molecule has 1 saturated heterocycles. The first-order valence-corrected chi connectivity index (χ1v) is 7.03. The number of amides is 1. The van der Waals surface area contributed by atoms with Crippen LogP contribution in [0.15, 0.2) is 24.3 Å². The number of fused-ring (bicyclic) bond motifs is 1. The molecule has 1 unspecified atom stereocenters. The number of nitrogens with one attached hydrogen (secondary N) is 2. The molecule has 2 N–H and O–H groups in total. The van der Waals surface area contributed by atoms with Gasteiger partial charge >= 0.3 is 0 Å². The van der Waals surface area contributed by atoms with Gasteiger partial charge < -0.3 is 15.0 Å². The first-order chi connectivity index (χ1) is 9.67. The predicted octanol–water partition coefficient (Wildman–Crippen LogP) is 1.79. The van der Waals surface area contributed by atoms with Gasteiger partial charge in [0.1, 0.15) is 11.4 Å². The quantitative estimate of drug-likeness (QED) is 0.892. The second-order valence-corrected chi connectivity index (χ2v) is 5.39. The second-order valence-electron chi connectivity index (χ2n) is 5.39. The summed E-state index contributed by atoms with van der Waals surface area (Å²) in [4.78, 5) is 19.8. The number of H-pyrrole nitrogens is 1. The molecule has 1 atom stereocenters. The molecule has 1 fully saturated rings. The third kappa shape index (κ3) is 2.54. The zero-order chi connectivity index (χ0) is 14.0. The highest BCUT2D eigenvalue weighted by Crippen LogP contribution is 2.24. The molecular weight excluding hydrogens is 254 g/mol. The number of carbonyl (C=O) groups excluding carboxylic acids is 1. The van der Waals surface area contributed by atoms with E-state index in [9.17, 15) is 4.79 Å². The minimum atomic E-state index is -0.645. The molecular formula is C15H19N3O2. The van der Waals surface area contributed by atoms with Crippen LogP contribution in [0.5, 0.6) is 0 Å². The maximum Gasteiger partial charge on any atom is 0.251 e. The molecule has 5 heteroatoms. The first kappa shape index (κ1) is 13.1. The number of rotatable bonds is 4. The maximum atomic E-state index is 12.1. The van der Waals surface area contributed by atoms with Gasteiger partial charge in [-0.2, -0.15) is 0 Å². The summed E-state index contributed by atoms with van der Waals surface area (Å²) in [7, 11) is 0. The molecule has 0 spiro atoms. The van der Waals surface area contributed by atoms with Crippen molar-refractivity contribution in [1.29, 1.82) is 0 Å². The van der Waals surface area contributed by atoms with E-state index in [4.69, 9.17) is 4.74 Å². The standard InChI is InChI=1S/C15H19N3O2/c1-15(8-4-10-20-15)14(19)16-9-7-13-17-11-5-2-3-6-12(11)18-13/h2-3,5-6H,4,7-10H2,1H3,(H,16,19)(H,17,18). The Balaban J connectivity index is 1.56. The van der Waals surface area contributed by atoms with E-state index in [1.165, 1.54) is 0 Å². The molecule has 2 aromatic rings. The van der Waals surface area contributed by atoms with Crippen molar-refractivity contribution in [2.24, 2.45) is 0 Å². The van der Waals surface area contributed by atoms with Crippen LogP contribution in [0.3, 0.4) is 0 Å². The van der Waals surface area contributed by atoms with Crippen LogP contribution >= 0.6 is 0 Å². The molecule has 1 amide bonds.